The maximum absolute atomic E-state index is 11.9. The molecule has 0 aromatic carbocycles. The summed E-state index contributed by atoms with van der Waals surface area (Å²) in [4.78, 5) is 18.8. The molecule has 0 atom stereocenters. The molecule has 0 aromatic heterocycles. The highest BCUT2D eigenvalue weighted by molar-refractivity contribution is 5.78. The first-order valence-corrected chi connectivity index (χ1v) is 8.23. The van der Waals surface area contributed by atoms with Crippen LogP contribution in [-0.2, 0) is 4.79 Å². The summed E-state index contributed by atoms with van der Waals surface area (Å²) in [5.74, 6) is 0.157. The van der Waals surface area contributed by atoms with Crippen molar-refractivity contribution in [2.75, 3.05) is 73.0 Å². The Bertz CT molecular complexity index is 309. The van der Waals surface area contributed by atoms with Gasteiger partial charge in [-0.15, -0.1) is 0 Å². The predicted molar refractivity (Wildman–Crippen MR) is 85.5 cm³/mol. The zero-order valence-electron chi connectivity index (χ0n) is 13.6. The van der Waals surface area contributed by atoms with Gasteiger partial charge in [-0.05, 0) is 40.0 Å². The van der Waals surface area contributed by atoms with Crippen LogP contribution >= 0.6 is 0 Å². The van der Waals surface area contributed by atoms with Crippen LogP contribution < -0.4 is 10.6 Å². The Kier molecular flexibility index (Phi) is 6.89. The second-order valence-electron chi connectivity index (χ2n) is 6.46. The van der Waals surface area contributed by atoms with Crippen molar-refractivity contribution in [3.63, 3.8) is 0 Å². The van der Waals surface area contributed by atoms with Crippen LogP contribution in [0.5, 0.6) is 0 Å². The molecule has 2 aliphatic heterocycles. The Labute approximate surface area is 128 Å². The second kappa shape index (κ2) is 8.68. The Balaban J connectivity index is 1.49. The number of nitrogens with one attached hydrogen (secondary N) is 2. The van der Waals surface area contributed by atoms with Crippen molar-refractivity contribution in [2.45, 2.75) is 18.9 Å². The first-order chi connectivity index (χ1) is 10.1. The van der Waals surface area contributed by atoms with Crippen molar-refractivity contribution >= 4 is 5.91 Å². The molecule has 122 valence electrons. The lowest BCUT2D eigenvalue weighted by Crippen LogP contribution is -2.49. The van der Waals surface area contributed by atoms with Crippen LogP contribution in [-0.4, -0.2) is 99.6 Å². The fraction of sp³-hybridized carbons (Fsp3) is 0.933. The molecule has 2 rings (SSSR count). The van der Waals surface area contributed by atoms with Gasteiger partial charge in [0.2, 0.25) is 5.91 Å². The highest BCUT2D eigenvalue weighted by Gasteiger charge is 2.17. The van der Waals surface area contributed by atoms with E-state index in [1.54, 1.807) is 0 Å². The Morgan fingerprint density at radius 2 is 1.57 bits per heavy atom. The maximum Gasteiger partial charge on any atom is 0.234 e. The molecule has 6 heteroatoms. The van der Waals surface area contributed by atoms with Crippen LogP contribution in [0.15, 0.2) is 0 Å². The lowest BCUT2D eigenvalue weighted by Gasteiger charge is -2.31. The molecule has 0 spiro atoms. The van der Waals surface area contributed by atoms with Gasteiger partial charge in [0.05, 0.1) is 6.54 Å². The van der Waals surface area contributed by atoms with E-state index < -0.39 is 0 Å². The predicted octanol–water partition coefficient (Wildman–Crippen LogP) is -0.966. The molecule has 1 amide bonds. The Morgan fingerprint density at radius 1 is 0.952 bits per heavy atom. The van der Waals surface area contributed by atoms with E-state index in [0.717, 1.165) is 39.3 Å². The van der Waals surface area contributed by atoms with Crippen molar-refractivity contribution < 1.29 is 4.79 Å². The molecule has 0 unspecified atom stereocenters. The minimum Gasteiger partial charge on any atom is -0.354 e. The minimum absolute atomic E-state index is 0.157. The summed E-state index contributed by atoms with van der Waals surface area (Å²) in [5.41, 5.74) is 0. The molecule has 0 aromatic rings. The summed E-state index contributed by atoms with van der Waals surface area (Å²) in [5, 5.41) is 6.57. The van der Waals surface area contributed by atoms with E-state index in [9.17, 15) is 4.79 Å². The quantitative estimate of drug-likeness (QED) is 0.618. The molecule has 2 N–H and O–H groups in total. The molecule has 0 bridgehead atoms. The van der Waals surface area contributed by atoms with Crippen molar-refractivity contribution in [3.8, 4) is 0 Å². The van der Waals surface area contributed by atoms with Gasteiger partial charge >= 0.3 is 0 Å². The average molecular weight is 297 g/mol. The highest BCUT2D eigenvalue weighted by Crippen LogP contribution is 2.07. The van der Waals surface area contributed by atoms with E-state index in [1.165, 1.54) is 25.9 Å². The smallest absolute Gasteiger partial charge is 0.234 e. The molecule has 0 radical (unpaired) electrons. The fourth-order valence-corrected chi connectivity index (χ4v) is 2.96. The number of likely N-dealkylation sites (N-methyl/N-ethyl adjacent to an activating group) is 1. The summed E-state index contributed by atoms with van der Waals surface area (Å²) in [6.45, 7) is 8.62. The maximum atomic E-state index is 11.9. The minimum atomic E-state index is 0.157. The number of piperazine rings is 1. The lowest BCUT2D eigenvalue weighted by atomic mass is 10.1. The van der Waals surface area contributed by atoms with Crippen LogP contribution in [0.4, 0.5) is 0 Å². The Morgan fingerprint density at radius 3 is 2.24 bits per heavy atom. The molecule has 2 fully saturated rings. The van der Waals surface area contributed by atoms with Gasteiger partial charge in [-0.3, -0.25) is 9.69 Å². The second-order valence-corrected chi connectivity index (χ2v) is 6.46. The van der Waals surface area contributed by atoms with Gasteiger partial charge in [-0.2, -0.15) is 0 Å². The van der Waals surface area contributed by atoms with Gasteiger partial charge in [0.15, 0.2) is 0 Å². The van der Waals surface area contributed by atoms with E-state index in [4.69, 9.17) is 0 Å². The van der Waals surface area contributed by atoms with Gasteiger partial charge in [0.25, 0.3) is 0 Å². The van der Waals surface area contributed by atoms with Crippen LogP contribution in [0.3, 0.4) is 0 Å². The first kappa shape index (κ1) is 16.7. The van der Waals surface area contributed by atoms with Gasteiger partial charge < -0.3 is 20.4 Å². The fourth-order valence-electron chi connectivity index (χ4n) is 2.96. The molecular formula is C15H31N5O. The van der Waals surface area contributed by atoms with Gasteiger partial charge in [0, 0.05) is 45.3 Å². The third kappa shape index (κ3) is 6.30. The van der Waals surface area contributed by atoms with E-state index in [2.05, 4.69) is 39.4 Å². The van der Waals surface area contributed by atoms with Gasteiger partial charge in [0.1, 0.15) is 0 Å². The summed E-state index contributed by atoms with van der Waals surface area (Å²) in [7, 11) is 4.31. The van der Waals surface area contributed by atoms with E-state index in [1.807, 2.05) is 0 Å². The summed E-state index contributed by atoms with van der Waals surface area (Å²) >= 11 is 0. The monoisotopic (exact) mass is 297 g/mol. The molecule has 0 saturated carbocycles. The van der Waals surface area contributed by atoms with Crippen molar-refractivity contribution in [3.05, 3.63) is 0 Å². The largest absolute Gasteiger partial charge is 0.354 e. The SMILES string of the molecule is CN1CCC(NCCNC(=O)CN2CCN(C)CC2)CC1. The van der Waals surface area contributed by atoms with Crippen LogP contribution in [0.1, 0.15) is 12.8 Å². The third-order valence-electron chi connectivity index (χ3n) is 4.56. The number of carbonyl (C=O) groups excluding carboxylic acids is 1. The summed E-state index contributed by atoms with van der Waals surface area (Å²) in [6, 6.07) is 0.621. The topological polar surface area (TPSA) is 50.9 Å². The number of rotatable bonds is 6. The average Bonchev–Trinajstić information content (AvgIpc) is 2.48. The standard InChI is InChI=1S/C15H31N5O/c1-18-7-3-14(4-8-18)16-5-6-17-15(21)13-20-11-9-19(2)10-12-20/h14,16H,3-13H2,1-2H3,(H,17,21). The normalized spacial score (nSPS) is 23.3. The molecule has 21 heavy (non-hydrogen) atoms. The molecular weight excluding hydrogens is 266 g/mol. The zero-order chi connectivity index (χ0) is 15.1. The lowest BCUT2D eigenvalue weighted by molar-refractivity contribution is -0.122. The van der Waals surface area contributed by atoms with Crippen molar-refractivity contribution in [1.29, 1.82) is 0 Å². The molecule has 2 aliphatic rings. The molecule has 2 heterocycles. The van der Waals surface area contributed by atoms with Crippen LogP contribution in [0, 0.1) is 0 Å². The summed E-state index contributed by atoms with van der Waals surface area (Å²) in [6.07, 6.45) is 2.43. The van der Waals surface area contributed by atoms with Gasteiger partial charge in [-0.25, -0.2) is 0 Å². The van der Waals surface area contributed by atoms with Crippen molar-refractivity contribution in [1.82, 2.24) is 25.3 Å². The number of piperidine rings is 1. The molecule has 6 nitrogen and oxygen atoms in total. The first-order valence-electron chi connectivity index (χ1n) is 8.23. The van der Waals surface area contributed by atoms with E-state index in [-0.39, 0.29) is 5.91 Å². The van der Waals surface area contributed by atoms with Crippen LogP contribution in [0.25, 0.3) is 0 Å². The number of nitrogens with zero attached hydrogens (tertiary/aromatic N) is 3. The number of carbonyl (C=O) groups is 1. The van der Waals surface area contributed by atoms with E-state index in [0.29, 0.717) is 12.6 Å². The molecule has 0 aliphatic carbocycles. The zero-order valence-corrected chi connectivity index (χ0v) is 13.6. The number of amides is 1. The summed E-state index contributed by atoms with van der Waals surface area (Å²) < 4.78 is 0. The van der Waals surface area contributed by atoms with Gasteiger partial charge in [-0.1, -0.05) is 0 Å². The van der Waals surface area contributed by atoms with Crippen LogP contribution in [0.2, 0.25) is 0 Å². The number of hydrogen-bond acceptors (Lipinski definition) is 5. The van der Waals surface area contributed by atoms with Crippen molar-refractivity contribution in [2.24, 2.45) is 0 Å². The molecule has 2 saturated heterocycles. The highest BCUT2D eigenvalue weighted by atomic mass is 16.2. The number of hydrogen-bond donors (Lipinski definition) is 2. The van der Waals surface area contributed by atoms with E-state index >= 15 is 0 Å². The third-order valence-corrected chi connectivity index (χ3v) is 4.56. The Hall–Kier alpha value is -0.690. The number of likely N-dealkylation sites (tertiary alicyclic amines) is 1.